The molecule has 0 spiro atoms. The molecule has 0 heterocycles. The molecule has 1 unspecified atom stereocenters. The number of nitrogens with one attached hydrogen (secondary N) is 1. The van der Waals surface area contributed by atoms with Gasteiger partial charge >= 0.3 is 0 Å². The van der Waals surface area contributed by atoms with Crippen LogP contribution in [0.4, 0.5) is 8.78 Å². The lowest BCUT2D eigenvalue weighted by Gasteiger charge is -2.50. The molecule has 2 aliphatic carbocycles. The topological polar surface area (TPSA) is 95.7 Å². The van der Waals surface area contributed by atoms with E-state index < -0.39 is 34.5 Å². The van der Waals surface area contributed by atoms with Gasteiger partial charge in [-0.1, -0.05) is 52.7 Å². The summed E-state index contributed by atoms with van der Waals surface area (Å²) in [4.78, 5) is 29.7. The van der Waals surface area contributed by atoms with E-state index in [1.54, 1.807) is 11.0 Å². The lowest BCUT2D eigenvalue weighted by molar-refractivity contribution is -0.162. The number of nitrogens with zero attached hydrogens (tertiary/aromatic N) is 1. The van der Waals surface area contributed by atoms with Crippen molar-refractivity contribution in [1.29, 1.82) is 0 Å². The Labute approximate surface area is 257 Å². The lowest BCUT2D eigenvalue weighted by Crippen LogP contribution is -2.62. The summed E-state index contributed by atoms with van der Waals surface area (Å²) in [5, 5.41) is 16.1. The molecule has 1 aromatic carbocycles. The molecule has 1 saturated carbocycles. The van der Waals surface area contributed by atoms with Gasteiger partial charge in [0.15, 0.2) is 0 Å². The zero-order chi connectivity index (χ0) is 31.9. The van der Waals surface area contributed by atoms with E-state index in [0.717, 1.165) is 43.0 Å². The number of hydrogen-bond acceptors (Lipinski definition) is 4. The average molecular weight is 604 g/mol. The van der Waals surface area contributed by atoms with Gasteiger partial charge in [-0.25, -0.2) is 8.78 Å². The third-order valence-electron chi connectivity index (χ3n) is 9.92. The van der Waals surface area contributed by atoms with Crippen LogP contribution in [0.25, 0.3) is 0 Å². The van der Waals surface area contributed by atoms with Crippen molar-refractivity contribution in [3.8, 4) is 0 Å². The van der Waals surface area contributed by atoms with Crippen molar-refractivity contribution in [3.63, 3.8) is 0 Å². The van der Waals surface area contributed by atoms with Crippen molar-refractivity contribution in [2.45, 2.75) is 111 Å². The van der Waals surface area contributed by atoms with Gasteiger partial charge in [0.2, 0.25) is 11.8 Å². The van der Waals surface area contributed by atoms with E-state index >= 15 is 0 Å². The second-order valence-corrected chi connectivity index (χ2v) is 13.9. The first-order chi connectivity index (χ1) is 20.3. The number of benzene rings is 1. The second-order valence-electron chi connectivity index (χ2n) is 13.9. The summed E-state index contributed by atoms with van der Waals surface area (Å²) in [7, 11) is 0. The van der Waals surface area contributed by atoms with E-state index in [-0.39, 0.29) is 17.9 Å². The Bertz CT molecular complexity index is 1120. The van der Waals surface area contributed by atoms with Gasteiger partial charge in [0.05, 0.1) is 16.9 Å². The van der Waals surface area contributed by atoms with Crippen molar-refractivity contribution in [2.75, 3.05) is 19.6 Å². The van der Waals surface area contributed by atoms with E-state index in [1.165, 1.54) is 12.8 Å². The van der Waals surface area contributed by atoms with E-state index in [4.69, 9.17) is 5.73 Å². The normalized spacial score (nSPS) is 29.4. The summed E-state index contributed by atoms with van der Waals surface area (Å²) >= 11 is 0. The molecule has 0 aromatic heterocycles. The average Bonchev–Trinajstić information content (AvgIpc) is 2.92. The third-order valence-corrected chi connectivity index (χ3v) is 9.92. The lowest BCUT2D eigenvalue weighted by atomic mass is 9.57. The number of allylic oxidation sites excluding steroid dienone is 1. The molecule has 1 fully saturated rings. The van der Waals surface area contributed by atoms with Crippen molar-refractivity contribution in [2.24, 2.45) is 34.3 Å². The summed E-state index contributed by atoms with van der Waals surface area (Å²) in [6.45, 7) is 14.5. The number of primary amides is 1. The van der Waals surface area contributed by atoms with Crippen molar-refractivity contribution in [3.05, 3.63) is 47.0 Å². The molecule has 43 heavy (non-hydrogen) atoms. The Balaban J connectivity index is 1.99. The molecule has 242 valence electrons. The summed E-state index contributed by atoms with van der Waals surface area (Å²) in [5.41, 5.74) is 4.00. The summed E-state index contributed by atoms with van der Waals surface area (Å²) < 4.78 is 28.4. The van der Waals surface area contributed by atoms with Gasteiger partial charge in [0, 0.05) is 25.2 Å². The van der Waals surface area contributed by atoms with E-state index in [1.807, 2.05) is 20.8 Å². The highest BCUT2D eigenvalue weighted by atomic mass is 19.1. The Morgan fingerprint density at radius 1 is 1.12 bits per heavy atom. The van der Waals surface area contributed by atoms with Crippen LogP contribution in [0, 0.1) is 40.2 Å². The highest BCUT2D eigenvalue weighted by Crippen LogP contribution is 2.51. The molecule has 2 amide bonds. The largest absolute Gasteiger partial charge is 0.391 e. The highest BCUT2D eigenvalue weighted by molar-refractivity contribution is 5.90. The Kier molecular flexibility index (Phi) is 12.4. The molecule has 0 bridgehead atoms. The van der Waals surface area contributed by atoms with Gasteiger partial charge in [0.1, 0.15) is 11.6 Å². The highest BCUT2D eigenvalue weighted by Gasteiger charge is 2.59. The Morgan fingerprint density at radius 3 is 2.30 bits per heavy atom. The summed E-state index contributed by atoms with van der Waals surface area (Å²) in [5.74, 6) is -0.715. The second kappa shape index (κ2) is 15.1. The number of carbonyl (C=O) groups is 2. The zero-order valence-corrected chi connectivity index (χ0v) is 27.2. The predicted molar refractivity (Wildman–Crippen MR) is 168 cm³/mol. The first-order valence-electron chi connectivity index (χ1n) is 16.4. The van der Waals surface area contributed by atoms with Crippen LogP contribution < -0.4 is 11.1 Å². The fourth-order valence-corrected chi connectivity index (χ4v) is 7.97. The fourth-order valence-electron chi connectivity index (χ4n) is 7.97. The number of aliphatic hydroxyl groups is 1. The number of amides is 2. The van der Waals surface area contributed by atoms with Gasteiger partial charge in [-0.3, -0.25) is 9.59 Å². The number of rotatable bonds is 14. The van der Waals surface area contributed by atoms with Crippen LogP contribution in [0.15, 0.2) is 29.8 Å². The van der Waals surface area contributed by atoms with Gasteiger partial charge in [-0.2, -0.15) is 0 Å². The molecule has 0 radical (unpaired) electrons. The minimum absolute atomic E-state index is 0.182. The standard InChI is InChI=1S/C35H55F2N3O3/c1-7-14-40(15-8-2)33(43)34(12-9-13-39-30-16-24(5)10-11-29(30)23(3)4)20-25(6)21-35(31(34)41,32(38)42)22-26-17-27(36)19-28(37)18-26/h17-19,21,23-24,29-31,39,41H,7-16,20,22H2,1-6H3,(H2,38,42)/t24-,29+,30-,31-,34?,35-/m1/s1. The number of aliphatic hydroxyl groups excluding tert-OH is 1. The first kappa shape index (κ1) is 35.2. The maximum atomic E-state index is 14.6. The summed E-state index contributed by atoms with van der Waals surface area (Å²) in [6.07, 6.45) is 6.31. The van der Waals surface area contributed by atoms with Crippen LogP contribution in [0.2, 0.25) is 0 Å². The van der Waals surface area contributed by atoms with Crippen LogP contribution in [0.1, 0.15) is 98.5 Å². The van der Waals surface area contributed by atoms with Gasteiger partial charge in [-0.05, 0) is 100 Å². The molecule has 1 aromatic rings. The zero-order valence-electron chi connectivity index (χ0n) is 27.2. The van der Waals surface area contributed by atoms with E-state index in [2.05, 4.69) is 26.1 Å². The van der Waals surface area contributed by atoms with Crippen LogP contribution in [-0.4, -0.2) is 53.6 Å². The Morgan fingerprint density at radius 2 is 1.74 bits per heavy atom. The monoisotopic (exact) mass is 603 g/mol. The molecular formula is C35H55F2N3O3. The van der Waals surface area contributed by atoms with Crippen LogP contribution in [-0.2, 0) is 16.0 Å². The van der Waals surface area contributed by atoms with Gasteiger partial charge in [0.25, 0.3) is 0 Å². The van der Waals surface area contributed by atoms with E-state index in [0.29, 0.717) is 62.7 Å². The third kappa shape index (κ3) is 8.05. The van der Waals surface area contributed by atoms with Crippen molar-refractivity contribution < 1.29 is 23.5 Å². The number of carbonyl (C=O) groups excluding carboxylic acids is 2. The van der Waals surface area contributed by atoms with Crippen LogP contribution >= 0.6 is 0 Å². The number of hydrogen-bond donors (Lipinski definition) is 3. The van der Waals surface area contributed by atoms with Crippen molar-refractivity contribution >= 4 is 11.8 Å². The van der Waals surface area contributed by atoms with Gasteiger partial charge < -0.3 is 21.1 Å². The smallest absolute Gasteiger partial charge is 0.231 e. The predicted octanol–water partition coefficient (Wildman–Crippen LogP) is 6.16. The summed E-state index contributed by atoms with van der Waals surface area (Å²) in [6, 6.07) is 3.48. The minimum Gasteiger partial charge on any atom is -0.391 e. The number of nitrogens with two attached hydrogens (primary N) is 1. The molecule has 2 aliphatic rings. The van der Waals surface area contributed by atoms with Gasteiger partial charge in [-0.15, -0.1) is 0 Å². The fraction of sp³-hybridized carbons (Fsp3) is 0.714. The Hall–Kier alpha value is -2.32. The molecule has 4 N–H and O–H groups in total. The molecule has 0 aliphatic heterocycles. The maximum Gasteiger partial charge on any atom is 0.231 e. The molecular weight excluding hydrogens is 548 g/mol. The maximum absolute atomic E-state index is 14.6. The SMILES string of the molecule is CCCN(CCC)C(=O)C1(CCCN[C@@H]2C[C@H](C)CC[C@H]2C(C)C)CC(C)=C[C@](Cc2cc(F)cc(F)c2)(C(N)=O)[C@@H]1O. The molecule has 3 rings (SSSR count). The van der Waals surface area contributed by atoms with Crippen LogP contribution in [0.5, 0.6) is 0 Å². The quantitative estimate of drug-likeness (QED) is 0.175. The molecule has 6 nitrogen and oxygen atoms in total. The van der Waals surface area contributed by atoms with Crippen molar-refractivity contribution in [1.82, 2.24) is 10.2 Å². The van der Waals surface area contributed by atoms with E-state index in [9.17, 15) is 23.5 Å². The molecule has 8 heteroatoms. The first-order valence-corrected chi connectivity index (χ1v) is 16.4. The number of halogens is 2. The molecule has 6 atom stereocenters. The van der Waals surface area contributed by atoms with Crippen LogP contribution in [0.3, 0.4) is 0 Å². The molecule has 0 saturated heterocycles. The minimum atomic E-state index is -1.70.